The number of aliphatic hydroxyl groups is 5. The molecule has 1 unspecified atom stereocenters. The molecule has 0 spiro atoms. The van der Waals surface area contributed by atoms with E-state index >= 15 is 0 Å². The predicted octanol–water partition coefficient (Wildman–Crippen LogP) is -2.66. The fraction of sp³-hybridized carbons (Fsp3) is 0.714. The Morgan fingerprint density at radius 3 is 1.60 bits per heavy atom. The second kappa shape index (κ2) is 6.27. The van der Waals surface area contributed by atoms with Gasteiger partial charge in [-0.2, -0.15) is 0 Å². The highest BCUT2D eigenvalue weighted by atomic mass is 79.9. The molecule has 0 saturated carbocycles. The first-order valence-corrected chi connectivity index (χ1v) is 7.83. The van der Waals surface area contributed by atoms with Crippen LogP contribution in [-0.2, 0) is 23.9 Å². The van der Waals surface area contributed by atoms with Gasteiger partial charge in [-0.3, -0.25) is 19.2 Å². The Morgan fingerprint density at radius 1 is 0.920 bits per heavy atom. The molecule has 1 aliphatic rings. The lowest BCUT2D eigenvalue weighted by molar-refractivity contribution is -0.361. The Labute approximate surface area is 150 Å². The molecule has 25 heavy (non-hydrogen) atoms. The van der Waals surface area contributed by atoms with Gasteiger partial charge in [-0.25, -0.2) is 0 Å². The van der Waals surface area contributed by atoms with Crippen molar-refractivity contribution in [2.45, 2.75) is 61.4 Å². The first kappa shape index (κ1) is 22.0. The molecule has 0 aromatic carbocycles. The van der Waals surface area contributed by atoms with Crippen molar-refractivity contribution in [2.75, 3.05) is 0 Å². The van der Waals surface area contributed by atoms with Crippen LogP contribution in [0.5, 0.6) is 0 Å². The lowest BCUT2D eigenvalue weighted by atomic mass is 9.60. The molecule has 10 nitrogen and oxygen atoms in total. The second-order valence-electron chi connectivity index (χ2n) is 5.99. The molecule has 0 bridgehead atoms. The van der Waals surface area contributed by atoms with Gasteiger partial charge in [0.05, 0.1) is 0 Å². The molecular formula is C14H19BrO10. The molecule has 1 saturated heterocycles. The molecule has 1 fully saturated rings. The van der Waals surface area contributed by atoms with Gasteiger partial charge in [0.25, 0.3) is 4.70 Å². The predicted molar refractivity (Wildman–Crippen MR) is 82.3 cm³/mol. The van der Waals surface area contributed by atoms with Crippen LogP contribution in [0.2, 0.25) is 0 Å². The number of hydrogen-bond acceptors (Lipinski definition) is 10. The summed E-state index contributed by atoms with van der Waals surface area (Å²) in [6, 6.07) is 0. The number of carbonyl (C=O) groups is 4. The summed E-state index contributed by atoms with van der Waals surface area (Å²) in [5, 5.41) is 52.1. The topological polar surface area (TPSA) is 179 Å². The van der Waals surface area contributed by atoms with Crippen molar-refractivity contribution in [3.8, 4) is 0 Å². The third-order valence-electron chi connectivity index (χ3n) is 4.40. The monoisotopic (exact) mass is 426 g/mol. The van der Waals surface area contributed by atoms with E-state index in [-0.39, 0.29) is 0 Å². The summed E-state index contributed by atoms with van der Waals surface area (Å²) in [7, 11) is 0. The lowest BCUT2D eigenvalue weighted by Crippen LogP contribution is -2.89. The fourth-order valence-corrected chi connectivity index (χ4v) is 3.69. The van der Waals surface area contributed by atoms with Crippen LogP contribution in [0.15, 0.2) is 0 Å². The van der Waals surface area contributed by atoms with E-state index in [1.165, 1.54) is 0 Å². The Kier molecular flexibility index (Phi) is 5.51. The summed E-state index contributed by atoms with van der Waals surface area (Å²) in [5.41, 5.74) is -10.7. The molecule has 0 aliphatic carbocycles. The molecule has 11 heteroatoms. The van der Waals surface area contributed by atoms with Gasteiger partial charge in [-0.15, -0.1) is 0 Å². The third kappa shape index (κ3) is 2.53. The molecule has 0 aromatic heterocycles. The number of rotatable bonds is 5. The molecular weight excluding hydrogens is 408 g/mol. The normalized spacial score (nSPS) is 42.6. The Bertz CT molecular complexity index is 644. The summed E-state index contributed by atoms with van der Waals surface area (Å²) in [4.78, 5) is 48.4. The quantitative estimate of drug-likeness (QED) is 0.291. The molecule has 0 amide bonds. The van der Waals surface area contributed by atoms with Crippen LogP contribution < -0.4 is 0 Å². The number of alkyl halides is 1. The van der Waals surface area contributed by atoms with Crippen LogP contribution in [0.25, 0.3) is 0 Å². The number of halogens is 1. The van der Waals surface area contributed by atoms with Crippen LogP contribution >= 0.6 is 15.9 Å². The summed E-state index contributed by atoms with van der Waals surface area (Å²) < 4.78 is 1.56. The van der Waals surface area contributed by atoms with Crippen LogP contribution in [-0.4, -0.2) is 82.4 Å². The minimum Gasteiger partial charge on any atom is -0.386 e. The fourth-order valence-electron chi connectivity index (χ4n) is 2.93. The van der Waals surface area contributed by atoms with E-state index in [0.717, 1.165) is 6.92 Å². The van der Waals surface area contributed by atoms with Crippen molar-refractivity contribution in [1.82, 2.24) is 0 Å². The standard InChI is InChI=1S/C14H19BrO10/c1-5(16)9(20)10-11(21,6(2)17)12(22,7(3)18)13(23,8(4)19)14(15,24)25-10/h5,10,16,21-24H,1-4H3/t5?,10-,11-,12+,13-,14-/m1/s1. The van der Waals surface area contributed by atoms with Crippen molar-refractivity contribution in [3.63, 3.8) is 0 Å². The Morgan fingerprint density at radius 2 is 1.32 bits per heavy atom. The van der Waals surface area contributed by atoms with Gasteiger partial charge in [0.15, 0.2) is 34.8 Å². The molecule has 5 N–H and O–H groups in total. The zero-order chi connectivity index (χ0) is 20.2. The molecule has 6 atom stereocenters. The largest absolute Gasteiger partial charge is 0.386 e. The van der Waals surface area contributed by atoms with Crippen LogP contribution in [0, 0.1) is 0 Å². The maximum Gasteiger partial charge on any atom is 0.265 e. The van der Waals surface area contributed by atoms with E-state index in [9.17, 15) is 44.7 Å². The number of Topliss-reactive ketones (excluding diaryl/α,β-unsaturated/α-hetero) is 4. The van der Waals surface area contributed by atoms with Gasteiger partial charge in [0, 0.05) is 0 Å². The summed E-state index contributed by atoms with van der Waals surface area (Å²) >= 11 is 2.41. The summed E-state index contributed by atoms with van der Waals surface area (Å²) in [6.45, 7) is 2.89. The average molecular weight is 427 g/mol. The van der Waals surface area contributed by atoms with Crippen molar-refractivity contribution >= 4 is 39.1 Å². The van der Waals surface area contributed by atoms with Gasteiger partial charge in [0.1, 0.15) is 6.10 Å². The molecule has 1 heterocycles. The molecule has 1 rings (SSSR count). The number of ether oxygens (including phenoxy) is 1. The number of ketones is 4. The van der Waals surface area contributed by atoms with Gasteiger partial charge in [0.2, 0.25) is 11.2 Å². The highest BCUT2D eigenvalue weighted by Gasteiger charge is 2.83. The highest BCUT2D eigenvalue weighted by molar-refractivity contribution is 9.10. The Hall–Kier alpha value is -1.08. The van der Waals surface area contributed by atoms with Crippen LogP contribution in [0.3, 0.4) is 0 Å². The number of hydrogen-bond donors (Lipinski definition) is 5. The van der Waals surface area contributed by atoms with Gasteiger partial charge in [-0.1, -0.05) is 0 Å². The highest BCUT2D eigenvalue weighted by Crippen LogP contribution is 2.52. The van der Waals surface area contributed by atoms with Gasteiger partial charge in [-0.05, 0) is 43.6 Å². The van der Waals surface area contributed by atoms with Gasteiger partial charge >= 0.3 is 0 Å². The molecule has 1 aliphatic heterocycles. The molecule has 0 aromatic rings. The molecule has 0 radical (unpaired) electrons. The lowest BCUT2D eigenvalue weighted by Gasteiger charge is -2.58. The second-order valence-corrected chi connectivity index (χ2v) is 7.07. The van der Waals surface area contributed by atoms with Crippen molar-refractivity contribution < 1.29 is 49.4 Å². The van der Waals surface area contributed by atoms with Crippen molar-refractivity contribution in [2.24, 2.45) is 0 Å². The maximum absolute atomic E-state index is 12.2. The Balaban J connectivity index is 3.99. The van der Waals surface area contributed by atoms with E-state index in [0.29, 0.717) is 20.8 Å². The minimum atomic E-state index is -3.68. The SMILES string of the molecule is CC(=O)[C@@]1(O)[C@](O)(C(C)=O)[C@](O)(Br)O[C@H](C(=O)C(C)O)[C@]1(O)C(C)=O. The molecule has 142 valence electrons. The van der Waals surface area contributed by atoms with E-state index in [2.05, 4.69) is 15.9 Å². The van der Waals surface area contributed by atoms with Crippen molar-refractivity contribution in [3.05, 3.63) is 0 Å². The van der Waals surface area contributed by atoms with Crippen molar-refractivity contribution in [1.29, 1.82) is 0 Å². The summed E-state index contributed by atoms with van der Waals surface area (Å²) in [6.07, 6.45) is -4.33. The zero-order valence-electron chi connectivity index (χ0n) is 13.8. The van der Waals surface area contributed by atoms with E-state index in [1.807, 2.05) is 0 Å². The van der Waals surface area contributed by atoms with Crippen LogP contribution in [0.1, 0.15) is 27.7 Å². The average Bonchev–Trinajstić information content (AvgIpc) is 2.47. The number of aliphatic hydroxyl groups excluding tert-OH is 1. The summed E-state index contributed by atoms with van der Waals surface area (Å²) in [5.74, 6) is -5.77. The van der Waals surface area contributed by atoms with E-state index < -0.39 is 56.8 Å². The van der Waals surface area contributed by atoms with Crippen LogP contribution in [0.4, 0.5) is 0 Å². The minimum absolute atomic E-state index is 0.625. The third-order valence-corrected chi connectivity index (χ3v) is 5.16. The van der Waals surface area contributed by atoms with Gasteiger partial charge < -0.3 is 30.3 Å². The smallest absolute Gasteiger partial charge is 0.265 e. The maximum atomic E-state index is 12.2. The van der Waals surface area contributed by atoms with E-state index in [4.69, 9.17) is 4.74 Å². The first-order chi connectivity index (χ1) is 11.0. The number of carbonyl (C=O) groups excluding carboxylic acids is 4. The first-order valence-electron chi connectivity index (χ1n) is 7.04. The van der Waals surface area contributed by atoms with E-state index in [1.54, 1.807) is 0 Å². The zero-order valence-corrected chi connectivity index (χ0v) is 15.4.